The molecular formula is C20H24N2O9S2. The van der Waals surface area contributed by atoms with Crippen molar-refractivity contribution in [3.05, 3.63) is 35.4 Å². The SMILES string of the molecule is CCS(=O)(=O)c1cc(C(=O)OC(=O)c2cc(S(=O)(=O)CC)c(N)cc2OC)c(OC)cc1N. The molecule has 2 rings (SSSR count). The molecule has 0 amide bonds. The third-order valence-corrected chi connectivity index (χ3v) is 8.29. The summed E-state index contributed by atoms with van der Waals surface area (Å²) in [5.74, 6) is -3.31. The van der Waals surface area contributed by atoms with Crippen LogP contribution in [0.25, 0.3) is 0 Å². The maximum absolute atomic E-state index is 12.7. The van der Waals surface area contributed by atoms with E-state index in [0.717, 1.165) is 24.3 Å². The molecule has 0 aliphatic carbocycles. The van der Waals surface area contributed by atoms with Crippen molar-refractivity contribution in [2.24, 2.45) is 0 Å². The van der Waals surface area contributed by atoms with Gasteiger partial charge < -0.3 is 25.7 Å². The zero-order valence-electron chi connectivity index (χ0n) is 18.4. The molecule has 4 N–H and O–H groups in total. The van der Waals surface area contributed by atoms with E-state index >= 15 is 0 Å². The molecule has 0 heterocycles. The highest BCUT2D eigenvalue weighted by Gasteiger charge is 2.28. The van der Waals surface area contributed by atoms with E-state index < -0.39 is 31.6 Å². The topological polar surface area (TPSA) is 182 Å². The number of rotatable bonds is 8. The Labute approximate surface area is 191 Å². The van der Waals surface area contributed by atoms with Crippen LogP contribution in [-0.4, -0.2) is 54.5 Å². The van der Waals surface area contributed by atoms with Crippen molar-refractivity contribution in [1.29, 1.82) is 0 Å². The maximum atomic E-state index is 12.7. The van der Waals surface area contributed by atoms with Gasteiger partial charge in [0.05, 0.1) is 46.9 Å². The van der Waals surface area contributed by atoms with Gasteiger partial charge in [-0.25, -0.2) is 26.4 Å². The van der Waals surface area contributed by atoms with Crippen molar-refractivity contribution in [2.45, 2.75) is 23.6 Å². The molecule has 0 radical (unpaired) electrons. The Kier molecular flexibility index (Phi) is 7.60. The summed E-state index contributed by atoms with van der Waals surface area (Å²) in [5.41, 5.74) is 10.5. The molecule has 0 spiro atoms. The minimum Gasteiger partial charge on any atom is -0.496 e. The van der Waals surface area contributed by atoms with Crippen LogP contribution in [0, 0.1) is 0 Å². The minimum atomic E-state index is -3.80. The summed E-state index contributed by atoms with van der Waals surface area (Å²) < 4.78 is 64.2. The third-order valence-electron chi connectivity index (χ3n) is 4.72. The molecule has 11 nitrogen and oxygen atoms in total. The predicted octanol–water partition coefficient (Wildman–Crippen LogP) is 1.45. The van der Waals surface area contributed by atoms with Gasteiger partial charge in [-0.15, -0.1) is 0 Å². The molecule has 13 heteroatoms. The van der Waals surface area contributed by atoms with Crippen molar-refractivity contribution in [3.63, 3.8) is 0 Å². The number of esters is 2. The van der Waals surface area contributed by atoms with Gasteiger partial charge in [-0.1, -0.05) is 13.8 Å². The molecule has 0 saturated carbocycles. The van der Waals surface area contributed by atoms with E-state index in [-0.39, 0.29) is 55.3 Å². The van der Waals surface area contributed by atoms with Crippen LogP contribution in [0.2, 0.25) is 0 Å². The first-order valence-electron chi connectivity index (χ1n) is 9.49. The van der Waals surface area contributed by atoms with Gasteiger partial charge in [0.25, 0.3) is 0 Å². The molecule has 0 aromatic heterocycles. The van der Waals surface area contributed by atoms with Gasteiger partial charge in [0.15, 0.2) is 19.7 Å². The highest BCUT2D eigenvalue weighted by atomic mass is 32.2. The first-order chi connectivity index (χ1) is 15.3. The second-order valence-electron chi connectivity index (χ2n) is 6.66. The lowest BCUT2D eigenvalue weighted by Crippen LogP contribution is -2.17. The molecule has 2 aromatic carbocycles. The van der Waals surface area contributed by atoms with Gasteiger partial charge in [0.2, 0.25) is 0 Å². The zero-order chi connectivity index (χ0) is 25.1. The van der Waals surface area contributed by atoms with Gasteiger partial charge >= 0.3 is 11.9 Å². The summed E-state index contributed by atoms with van der Waals surface area (Å²) in [5, 5.41) is 0. The number of anilines is 2. The number of benzene rings is 2. The molecule has 0 saturated heterocycles. The van der Waals surface area contributed by atoms with Crippen molar-refractivity contribution in [3.8, 4) is 11.5 Å². The first kappa shape index (κ1) is 25.9. The van der Waals surface area contributed by atoms with E-state index in [4.69, 9.17) is 25.7 Å². The fraction of sp³-hybridized carbons (Fsp3) is 0.300. The monoisotopic (exact) mass is 500 g/mol. The number of ether oxygens (including phenoxy) is 3. The summed E-state index contributed by atoms with van der Waals surface area (Å²) in [7, 11) is -5.18. The Morgan fingerprint density at radius 2 is 1.06 bits per heavy atom. The average Bonchev–Trinajstić information content (AvgIpc) is 2.77. The van der Waals surface area contributed by atoms with Crippen LogP contribution < -0.4 is 20.9 Å². The fourth-order valence-corrected chi connectivity index (χ4v) is 4.90. The molecular weight excluding hydrogens is 476 g/mol. The summed E-state index contributed by atoms with van der Waals surface area (Å²) in [6.45, 7) is 2.80. The molecule has 33 heavy (non-hydrogen) atoms. The quantitative estimate of drug-likeness (QED) is 0.304. The number of nitrogen functional groups attached to an aromatic ring is 2. The van der Waals surface area contributed by atoms with Crippen LogP contribution in [0.1, 0.15) is 34.6 Å². The van der Waals surface area contributed by atoms with Gasteiger partial charge in [-0.05, 0) is 12.1 Å². The van der Waals surface area contributed by atoms with Crippen molar-refractivity contribution >= 4 is 43.0 Å². The summed E-state index contributed by atoms with van der Waals surface area (Å²) in [6, 6.07) is 4.16. The number of nitrogens with two attached hydrogens (primary N) is 2. The van der Waals surface area contributed by atoms with Crippen LogP contribution in [0.15, 0.2) is 34.1 Å². The second-order valence-corrected chi connectivity index (χ2v) is 11.2. The summed E-state index contributed by atoms with van der Waals surface area (Å²) in [6.07, 6.45) is 0. The normalized spacial score (nSPS) is 11.6. The van der Waals surface area contributed by atoms with Crippen LogP contribution in [0.5, 0.6) is 11.5 Å². The standard InChI is InChI=1S/C20H24N2O9S2/c1-5-32(25,26)17-7-11(15(29-3)9-13(17)21)19(23)31-20(24)12-8-18(33(27,28)6-2)14(22)10-16(12)30-4/h7-10H,5-6,21-22H2,1-4H3. The van der Waals surface area contributed by atoms with Crippen LogP contribution in [0.4, 0.5) is 11.4 Å². The Morgan fingerprint density at radius 1 is 0.727 bits per heavy atom. The smallest absolute Gasteiger partial charge is 0.349 e. The highest BCUT2D eigenvalue weighted by molar-refractivity contribution is 7.91. The maximum Gasteiger partial charge on any atom is 0.349 e. The van der Waals surface area contributed by atoms with Gasteiger partial charge in [-0.3, -0.25) is 0 Å². The lowest BCUT2D eigenvalue weighted by molar-refractivity contribution is 0.0393. The highest BCUT2D eigenvalue weighted by Crippen LogP contribution is 2.32. The second kappa shape index (κ2) is 9.67. The van der Waals surface area contributed by atoms with E-state index in [1.165, 1.54) is 28.1 Å². The average molecular weight is 501 g/mol. The molecule has 180 valence electrons. The van der Waals surface area contributed by atoms with Crippen molar-refractivity contribution in [1.82, 2.24) is 0 Å². The van der Waals surface area contributed by atoms with Gasteiger partial charge in [0.1, 0.15) is 22.6 Å². The molecule has 0 aliphatic rings. The fourth-order valence-electron chi connectivity index (χ4n) is 2.85. The molecule has 0 aliphatic heterocycles. The third kappa shape index (κ3) is 5.20. The Morgan fingerprint density at radius 3 is 1.33 bits per heavy atom. The van der Waals surface area contributed by atoms with E-state index in [1.54, 1.807) is 0 Å². The Bertz CT molecular complexity index is 1220. The number of hydrogen-bond donors (Lipinski definition) is 2. The molecule has 0 atom stereocenters. The van der Waals surface area contributed by atoms with Crippen LogP contribution in [0.3, 0.4) is 0 Å². The van der Waals surface area contributed by atoms with Crippen molar-refractivity contribution < 1.29 is 40.6 Å². The van der Waals surface area contributed by atoms with Gasteiger partial charge in [0, 0.05) is 12.1 Å². The van der Waals surface area contributed by atoms with E-state index in [9.17, 15) is 26.4 Å². The largest absolute Gasteiger partial charge is 0.496 e. The Hall–Kier alpha value is -3.32. The minimum absolute atomic E-state index is 0.126. The predicted molar refractivity (Wildman–Crippen MR) is 120 cm³/mol. The van der Waals surface area contributed by atoms with Crippen LogP contribution in [-0.2, 0) is 24.4 Å². The van der Waals surface area contributed by atoms with Crippen LogP contribution >= 0.6 is 0 Å². The molecule has 2 aromatic rings. The molecule has 0 fully saturated rings. The number of carbonyl (C=O) groups excluding carboxylic acids is 2. The van der Waals surface area contributed by atoms with E-state index in [1.807, 2.05) is 0 Å². The molecule has 0 unspecified atom stereocenters. The first-order valence-corrected chi connectivity index (χ1v) is 12.8. The van der Waals surface area contributed by atoms with E-state index in [2.05, 4.69) is 0 Å². The van der Waals surface area contributed by atoms with E-state index in [0.29, 0.717) is 0 Å². The summed E-state index contributed by atoms with van der Waals surface area (Å²) >= 11 is 0. The lowest BCUT2D eigenvalue weighted by atomic mass is 10.1. The number of hydrogen-bond acceptors (Lipinski definition) is 11. The zero-order valence-corrected chi connectivity index (χ0v) is 20.0. The lowest BCUT2D eigenvalue weighted by Gasteiger charge is -2.14. The van der Waals surface area contributed by atoms with Gasteiger partial charge in [-0.2, -0.15) is 0 Å². The molecule has 0 bridgehead atoms. The number of sulfone groups is 2. The number of methoxy groups -OCH3 is 2. The Balaban J connectivity index is 2.55. The van der Waals surface area contributed by atoms with Crippen molar-refractivity contribution in [2.75, 3.05) is 37.2 Å². The summed E-state index contributed by atoms with van der Waals surface area (Å²) in [4.78, 5) is 24.8. The number of carbonyl (C=O) groups is 2.